The first kappa shape index (κ1) is 18.6. The van der Waals surface area contributed by atoms with Crippen LogP contribution in [0.25, 0.3) is 0 Å². The van der Waals surface area contributed by atoms with Crippen molar-refractivity contribution in [1.29, 1.82) is 0 Å². The van der Waals surface area contributed by atoms with Crippen LogP contribution in [0.15, 0.2) is 53.5 Å². The predicted octanol–water partition coefficient (Wildman–Crippen LogP) is 2.56. The first-order valence-corrected chi connectivity index (χ1v) is 8.15. The Morgan fingerprint density at radius 2 is 1.84 bits per heavy atom. The van der Waals surface area contributed by atoms with E-state index in [-0.39, 0.29) is 0 Å². The topological polar surface area (TPSA) is 72.1 Å². The van der Waals surface area contributed by atoms with Crippen LogP contribution < -0.4 is 20.5 Å². The molecule has 6 heteroatoms. The summed E-state index contributed by atoms with van der Waals surface area (Å²) in [6.45, 7) is 1.94. The van der Waals surface area contributed by atoms with E-state index in [1.165, 1.54) is 0 Å². The summed E-state index contributed by atoms with van der Waals surface area (Å²) in [5, 5.41) is 3.07. The number of guanidine groups is 1. The molecule has 0 aliphatic rings. The number of methoxy groups -OCH3 is 1. The first-order valence-electron chi connectivity index (χ1n) is 8.15. The highest BCUT2D eigenvalue weighted by molar-refractivity contribution is 5.92. The van der Waals surface area contributed by atoms with Crippen LogP contribution in [0.3, 0.4) is 0 Å². The van der Waals surface area contributed by atoms with Crippen molar-refractivity contribution in [3.8, 4) is 11.5 Å². The third kappa shape index (κ3) is 6.35. The summed E-state index contributed by atoms with van der Waals surface area (Å²) >= 11 is 0. The minimum absolute atomic E-state index is 0.355. The van der Waals surface area contributed by atoms with Gasteiger partial charge in [0.2, 0.25) is 0 Å². The number of likely N-dealkylation sites (N-methyl/N-ethyl adjacent to an activating group) is 1. The molecular weight excluding hydrogens is 316 g/mol. The molecule has 0 radical (unpaired) electrons. The third-order valence-corrected chi connectivity index (χ3v) is 3.55. The van der Waals surface area contributed by atoms with Gasteiger partial charge in [0.05, 0.1) is 13.7 Å². The van der Waals surface area contributed by atoms with Crippen LogP contribution in [0.1, 0.15) is 5.56 Å². The molecule has 0 fully saturated rings. The fourth-order valence-corrected chi connectivity index (χ4v) is 2.15. The standard InChI is InChI=1S/C19H26N4O2/c1-23(2)12-13-25-18-7-5-4-6-15(18)14-21-19(20)22-16-8-10-17(24-3)11-9-16/h4-11H,12-14H2,1-3H3,(H3,20,21,22). The number of nitrogens with zero attached hydrogens (tertiary/aromatic N) is 2. The molecule has 0 heterocycles. The van der Waals surface area contributed by atoms with Crippen molar-refractivity contribution in [1.82, 2.24) is 4.90 Å². The van der Waals surface area contributed by atoms with Crippen molar-refractivity contribution in [3.63, 3.8) is 0 Å². The number of anilines is 1. The summed E-state index contributed by atoms with van der Waals surface area (Å²) in [6, 6.07) is 15.4. The molecule has 0 unspecified atom stereocenters. The zero-order valence-corrected chi connectivity index (χ0v) is 15.0. The molecule has 2 aromatic carbocycles. The highest BCUT2D eigenvalue weighted by Gasteiger charge is 2.03. The molecule has 134 valence electrons. The number of nitrogens with two attached hydrogens (primary N) is 1. The molecule has 0 aromatic heterocycles. The average Bonchev–Trinajstić information content (AvgIpc) is 2.61. The molecule has 0 atom stereocenters. The molecule has 3 N–H and O–H groups in total. The highest BCUT2D eigenvalue weighted by Crippen LogP contribution is 2.19. The monoisotopic (exact) mass is 342 g/mol. The number of hydrogen-bond acceptors (Lipinski definition) is 4. The Bertz CT molecular complexity index is 684. The van der Waals surface area contributed by atoms with E-state index < -0.39 is 0 Å². The van der Waals surface area contributed by atoms with Crippen LogP contribution in [-0.2, 0) is 6.54 Å². The molecule has 2 aromatic rings. The minimum Gasteiger partial charge on any atom is -0.497 e. The Hall–Kier alpha value is -2.73. The lowest BCUT2D eigenvalue weighted by Gasteiger charge is -2.13. The largest absolute Gasteiger partial charge is 0.497 e. The number of aliphatic imine (C=N–C) groups is 1. The fraction of sp³-hybridized carbons (Fsp3) is 0.316. The number of para-hydroxylation sites is 1. The summed E-state index contributed by atoms with van der Waals surface area (Å²) in [5.74, 6) is 1.99. The van der Waals surface area contributed by atoms with Gasteiger partial charge in [-0.3, -0.25) is 0 Å². The van der Waals surface area contributed by atoms with Gasteiger partial charge in [-0.05, 0) is 44.4 Å². The van der Waals surface area contributed by atoms with E-state index >= 15 is 0 Å². The second-order valence-corrected chi connectivity index (χ2v) is 5.81. The van der Waals surface area contributed by atoms with Crippen molar-refractivity contribution in [2.75, 3.05) is 39.7 Å². The van der Waals surface area contributed by atoms with E-state index in [0.29, 0.717) is 19.1 Å². The second-order valence-electron chi connectivity index (χ2n) is 5.81. The summed E-state index contributed by atoms with van der Waals surface area (Å²) in [4.78, 5) is 6.48. The van der Waals surface area contributed by atoms with Gasteiger partial charge in [0.15, 0.2) is 5.96 Å². The maximum absolute atomic E-state index is 5.97. The smallest absolute Gasteiger partial charge is 0.193 e. The molecule has 25 heavy (non-hydrogen) atoms. The van der Waals surface area contributed by atoms with Crippen molar-refractivity contribution >= 4 is 11.6 Å². The molecule has 0 saturated heterocycles. The summed E-state index contributed by atoms with van der Waals surface area (Å²) < 4.78 is 11.0. The molecule has 0 spiro atoms. The highest BCUT2D eigenvalue weighted by atomic mass is 16.5. The normalized spacial score (nSPS) is 11.4. The third-order valence-electron chi connectivity index (χ3n) is 3.55. The van der Waals surface area contributed by atoms with Crippen molar-refractivity contribution in [3.05, 3.63) is 54.1 Å². The van der Waals surface area contributed by atoms with Crippen molar-refractivity contribution < 1.29 is 9.47 Å². The van der Waals surface area contributed by atoms with Gasteiger partial charge in [-0.2, -0.15) is 0 Å². The van der Waals surface area contributed by atoms with Crippen LogP contribution in [0.5, 0.6) is 11.5 Å². The number of ether oxygens (including phenoxy) is 2. The Labute approximate surface area is 149 Å². The molecule has 0 bridgehead atoms. The molecule has 0 saturated carbocycles. The second kappa shape index (κ2) is 9.54. The fourth-order valence-electron chi connectivity index (χ4n) is 2.15. The zero-order valence-electron chi connectivity index (χ0n) is 15.0. The van der Waals surface area contributed by atoms with Crippen LogP contribution in [-0.4, -0.2) is 45.2 Å². The number of hydrogen-bond donors (Lipinski definition) is 2. The zero-order chi connectivity index (χ0) is 18.1. The van der Waals surface area contributed by atoms with Crippen molar-refractivity contribution in [2.24, 2.45) is 10.7 Å². The molecular formula is C19H26N4O2. The van der Waals surface area contributed by atoms with E-state index in [1.807, 2.05) is 62.6 Å². The lowest BCUT2D eigenvalue weighted by Crippen LogP contribution is -2.22. The van der Waals surface area contributed by atoms with Gasteiger partial charge < -0.3 is 25.4 Å². The minimum atomic E-state index is 0.355. The summed E-state index contributed by atoms with van der Waals surface area (Å²) in [7, 11) is 5.67. The quantitative estimate of drug-likeness (QED) is 0.570. The van der Waals surface area contributed by atoms with E-state index in [9.17, 15) is 0 Å². The summed E-state index contributed by atoms with van der Waals surface area (Å²) in [6.07, 6.45) is 0. The van der Waals surface area contributed by atoms with Gasteiger partial charge in [0, 0.05) is 17.8 Å². The van der Waals surface area contributed by atoms with Gasteiger partial charge in [-0.25, -0.2) is 4.99 Å². The van der Waals surface area contributed by atoms with Crippen LogP contribution >= 0.6 is 0 Å². The lowest BCUT2D eigenvalue weighted by atomic mass is 10.2. The van der Waals surface area contributed by atoms with Gasteiger partial charge in [-0.1, -0.05) is 18.2 Å². The van der Waals surface area contributed by atoms with E-state index in [0.717, 1.165) is 29.3 Å². The maximum atomic E-state index is 5.97. The maximum Gasteiger partial charge on any atom is 0.193 e. The van der Waals surface area contributed by atoms with Crippen LogP contribution in [0.4, 0.5) is 5.69 Å². The average molecular weight is 342 g/mol. The lowest BCUT2D eigenvalue weighted by molar-refractivity contribution is 0.259. The SMILES string of the molecule is COc1ccc(NC(N)=NCc2ccccc2OCCN(C)C)cc1. The van der Waals surface area contributed by atoms with Gasteiger partial charge in [0.1, 0.15) is 18.1 Å². The number of benzene rings is 2. The Morgan fingerprint density at radius 3 is 2.52 bits per heavy atom. The Kier molecular flexibility index (Phi) is 7.10. The number of nitrogens with one attached hydrogen (secondary N) is 1. The molecule has 0 aliphatic heterocycles. The van der Waals surface area contributed by atoms with Crippen molar-refractivity contribution in [2.45, 2.75) is 6.54 Å². The van der Waals surface area contributed by atoms with Crippen LogP contribution in [0, 0.1) is 0 Å². The van der Waals surface area contributed by atoms with Crippen LogP contribution in [0.2, 0.25) is 0 Å². The number of rotatable bonds is 8. The molecule has 6 nitrogen and oxygen atoms in total. The molecule has 2 rings (SSSR count). The summed E-state index contributed by atoms with van der Waals surface area (Å²) in [5.41, 5.74) is 7.83. The van der Waals surface area contributed by atoms with Gasteiger partial charge in [0.25, 0.3) is 0 Å². The molecule has 0 amide bonds. The van der Waals surface area contributed by atoms with Gasteiger partial charge >= 0.3 is 0 Å². The first-order chi connectivity index (χ1) is 12.1. The molecule has 0 aliphatic carbocycles. The van der Waals surface area contributed by atoms with E-state index in [4.69, 9.17) is 15.2 Å². The predicted molar refractivity (Wildman–Crippen MR) is 102 cm³/mol. The van der Waals surface area contributed by atoms with E-state index in [1.54, 1.807) is 7.11 Å². The van der Waals surface area contributed by atoms with E-state index in [2.05, 4.69) is 15.2 Å². The Morgan fingerprint density at radius 1 is 1.12 bits per heavy atom. The van der Waals surface area contributed by atoms with Gasteiger partial charge in [-0.15, -0.1) is 0 Å². The Balaban J connectivity index is 1.95.